The van der Waals surface area contributed by atoms with Gasteiger partial charge in [0, 0.05) is 36.4 Å². The van der Waals surface area contributed by atoms with Crippen molar-refractivity contribution in [2.75, 3.05) is 18.9 Å². The van der Waals surface area contributed by atoms with E-state index in [1.54, 1.807) is 31.4 Å². The zero-order valence-electron chi connectivity index (χ0n) is 11.4. The highest BCUT2D eigenvalue weighted by atomic mass is 32.1. The molecule has 0 fully saturated rings. The lowest BCUT2D eigenvalue weighted by Crippen LogP contribution is -2.29. The average molecular weight is 305 g/mol. The van der Waals surface area contributed by atoms with Gasteiger partial charge in [0.15, 0.2) is 5.13 Å². The van der Waals surface area contributed by atoms with Crippen molar-refractivity contribution in [3.8, 4) is 0 Å². The molecule has 6 nitrogen and oxygen atoms in total. The van der Waals surface area contributed by atoms with Crippen molar-refractivity contribution in [2.45, 2.75) is 6.42 Å². The SMILES string of the molecule is CN(CCC(=O)O)C(=O)c1cccc(Nc2nccs2)c1. The Morgan fingerprint density at radius 1 is 1.43 bits per heavy atom. The van der Waals surface area contributed by atoms with Crippen molar-refractivity contribution in [1.82, 2.24) is 9.88 Å². The molecular formula is C14H15N3O3S. The Labute approximate surface area is 126 Å². The van der Waals surface area contributed by atoms with Gasteiger partial charge >= 0.3 is 5.97 Å². The third-order valence-corrected chi connectivity index (χ3v) is 3.49. The lowest BCUT2D eigenvalue weighted by molar-refractivity contribution is -0.137. The Kier molecular flexibility index (Phi) is 4.89. The highest BCUT2D eigenvalue weighted by Gasteiger charge is 2.13. The molecule has 1 aromatic heterocycles. The van der Waals surface area contributed by atoms with Gasteiger partial charge in [-0.3, -0.25) is 9.59 Å². The summed E-state index contributed by atoms with van der Waals surface area (Å²) in [5.41, 5.74) is 1.27. The fourth-order valence-corrected chi connectivity index (χ4v) is 2.27. The highest BCUT2D eigenvalue weighted by Crippen LogP contribution is 2.20. The van der Waals surface area contributed by atoms with Crippen LogP contribution in [0.15, 0.2) is 35.8 Å². The van der Waals surface area contributed by atoms with Crippen molar-refractivity contribution >= 4 is 34.0 Å². The molecule has 2 rings (SSSR count). The summed E-state index contributed by atoms with van der Waals surface area (Å²) in [4.78, 5) is 28.3. The van der Waals surface area contributed by atoms with E-state index >= 15 is 0 Å². The average Bonchev–Trinajstić information content (AvgIpc) is 2.97. The number of aromatic nitrogens is 1. The second-order valence-electron chi connectivity index (χ2n) is 4.41. The standard InChI is InChI=1S/C14H15N3O3S/c1-17(7-5-12(18)19)13(20)10-3-2-4-11(9-10)16-14-15-6-8-21-14/h2-4,6,8-9H,5,7H2,1H3,(H,15,16)(H,18,19). The number of amides is 1. The molecule has 0 spiro atoms. The lowest BCUT2D eigenvalue weighted by atomic mass is 10.1. The van der Waals surface area contributed by atoms with Crippen LogP contribution in [-0.2, 0) is 4.79 Å². The summed E-state index contributed by atoms with van der Waals surface area (Å²) in [6, 6.07) is 7.04. The van der Waals surface area contributed by atoms with E-state index in [0.717, 1.165) is 10.8 Å². The molecule has 7 heteroatoms. The van der Waals surface area contributed by atoms with Gasteiger partial charge in [0.2, 0.25) is 0 Å². The molecule has 2 aromatic rings. The van der Waals surface area contributed by atoms with Crippen LogP contribution in [0.5, 0.6) is 0 Å². The molecule has 1 aromatic carbocycles. The first-order valence-corrected chi connectivity index (χ1v) is 7.18. The van der Waals surface area contributed by atoms with Crippen molar-refractivity contribution < 1.29 is 14.7 Å². The molecule has 0 bridgehead atoms. The number of nitrogens with one attached hydrogen (secondary N) is 1. The van der Waals surface area contributed by atoms with Gasteiger partial charge < -0.3 is 15.3 Å². The number of aliphatic carboxylic acids is 1. The predicted octanol–water partition coefficient (Wildman–Crippen LogP) is 2.43. The Balaban J connectivity index is 2.05. The maximum absolute atomic E-state index is 12.2. The Bertz CT molecular complexity index is 628. The zero-order valence-corrected chi connectivity index (χ0v) is 12.3. The maximum atomic E-state index is 12.2. The van der Waals surface area contributed by atoms with E-state index in [4.69, 9.17) is 5.11 Å². The molecule has 21 heavy (non-hydrogen) atoms. The topological polar surface area (TPSA) is 82.5 Å². The number of benzene rings is 1. The van der Waals surface area contributed by atoms with Crippen LogP contribution in [-0.4, -0.2) is 40.5 Å². The summed E-state index contributed by atoms with van der Waals surface area (Å²) in [7, 11) is 1.59. The third kappa shape index (κ3) is 4.28. The van der Waals surface area contributed by atoms with Crippen LogP contribution in [0.2, 0.25) is 0 Å². The van der Waals surface area contributed by atoms with E-state index in [1.807, 2.05) is 11.4 Å². The Morgan fingerprint density at radius 3 is 2.90 bits per heavy atom. The van der Waals surface area contributed by atoms with E-state index in [-0.39, 0.29) is 18.9 Å². The fraction of sp³-hybridized carbons (Fsp3) is 0.214. The van der Waals surface area contributed by atoms with Crippen LogP contribution in [0.1, 0.15) is 16.8 Å². The summed E-state index contributed by atoms with van der Waals surface area (Å²) in [5, 5.41) is 14.4. The van der Waals surface area contributed by atoms with Gasteiger partial charge in [-0.05, 0) is 18.2 Å². The minimum atomic E-state index is -0.922. The predicted molar refractivity (Wildman–Crippen MR) is 81.1 cm³/mol. The van der Waals surface area contributed by atoms with Gasteiger partial charge in [0.25, 0.3) is 5.91 Å². The largest absolute Gasteiger partial charge is 0.481 e. The number of rotatable bonds is 6. The highest BCUT2D eigenvalue weighted by molar-refractivity contribution is 7.13. The molecule has 1 amide bonds. The number of thiazole rings is 1. The van der Waals surface area contributed by atoms with Gasteiger partial charge in [-0.2, -0.15) is 0 Å². The molecule has 0 aliphatic heterocycles. The molecule has 2 N–H and O–H groups in total. The first-order valence-electron chi connectivity index (χ1n) is 6.30. The van der Waals surface area contributed by atoms with Gasteiger partial charge in [-0.1, -0.05) is 6.07 Å². The molecule has 0 atom stereocenters. The number of carbonyl (C=O) groups is 2. The summed E-state index contributed by atoms with van der Waals surface area (Å²) >= 11 is 1.47. The lowest BCUT2D eigenvalue weighted by Gasteiger charge is -2.16. The van der Waals surface area contributed by atoms with Crippen molar-refractivity contribution in [3.05, 3.63) is 41.4 Å². The van der Waals surface area contributed by atoms with Gasteiger partial charge in [-0.15, -0.1) is 11.3 Å². The van der Waals surface area contributed by atoms with E-state index in [1.165, 1.54) is 16.2 Å². The Hall–Kier alpha value is -2.41. The van der Waals surface area contributed by atoms with Gasteiger partial charge in [0.05, 0.1) is 6.42 Å². The van der Waals surface area contributed by atoms with Crippen LogP contribution < -0.4 is 5.32 Å². The number of hydrogen-bond acceptors (Lipinski definition) is 5. The van der Waals surface area contributed by atoms with Crippen LogP contribution in [0.3, 0.4) is 0 Å². The summed E-state index contributed by atoms with van der Waals surface area (Å²) in [6.45, 7) is 0.179. The van der Waals surface area contributed by atoms with Gasteiger partial charge in [-0.25, -0.2) is 4.98 Å². The first kappa shape index (κ1) is 15.0. The van der Waals surface area contributed by atoms with E-state index < -0.39 is 5.97 Å². The second kappa shape index (κ2) is 6.85. The zero-order chi connectivity index (χ0) is 15.2. The van der Waals surface area contributed by atoms with Crippen molar-refractivity contribution in [1.29, 1.82) is 0 Å². The molecule has 0 radical (unpaired) electrons. The molecule has 0 unspecified atom stereocenters. The number of anilines is 2. The van der Waals surface area contributed by atoms with E-state index in [0.29, 0.717) is 5.56 Å². The number of nitrogens with zero attached hydrogens (tertiary/aromatic N) is 2. The number of hydrogen-bond donors (Lipinski definition) is 2. The molecule has 0 aliphatic carbocycles. The molecule has 0 aliphatic rings. The molecule has 0 saturated heterocycles. The normalized spacial score (nSPS) is 10.1. The first-order chi connectivity index (χ1) is 10.1. The number of carboxylic acid groups (broad SMARTS) is 1. The molecule has 1 heterocycles. The third-order valence-electron chi connectivity index (χ3n) is 2.80. The van der Waals surface area contributed by atoms with Crippen LogP contribution in [0, 0.1) is 0 Å². The maximum Gasteiger partial charge on any atom is 0.305 e. The summed E-state index contributed by atoms with van der Waals surface area (Å²) in [6.07, 6.45) is 1.63. The van der Waals surface area contributed by atoms with E-state index in [2.05, 4.69) is 10.3 Å². The summed E-state index contributed by atoms with van der Waals surface area (Å²) in [5.74, 6) is -1.13. The number of carboxylic acids is 1. The second-order valence-corrected chi connectivity index (χ2v) is 5.31. The van der Waals surface area contributed by atoms with Crippen molar-refractivity contribution in [2.24, 2.45) is 0 Å². The molecular weight excluding hydrogens is 290 g/mol. The quantitative estimate of drug-likeness (QED) is 0.856. The molecule has 0 saturated carbocycles. The van der Waals surface area contributed by atoms with E-state index in [9.17, 15) is 9.59 Å². The minimum Gasteiger partial charge on any atom is -0.481 e. The fourth-order valence-electron chi connectivity index (χ4n) is 1.72. The number of carbonyl (C=O) groups excluding carboxylic acids is 1. The minimum absolute atomic E-state index is 0.0701. The van der Waals surface area contributed by atoms with Crippen LogP contribution in [0.25, 0.3) is 0 Å². The smallest absolute Gasteiger partial charge is 0.305 e. The summed E-state index contributed by atoms with van der Waals surface area (Å²) < 4.78 is 0. The van der Waals surface area contributed by atoms with Crippen molar-refractivity contribution in [3.63, 3.8) is 0 Å². The Morgan fingerprint density at radius 2 is 2.24 bits per heavy atom. The van der Waals surface area contributed by atoms with Crippen LogP contribution >= 0.6 is 11.3 Å². The van der Waals surface area contributed by atoms with Crippen LogP contribution in [0.4, 0.5) is 10.8 Å². The molecule has 110 valence electrons. The monoisotopic (exact) mass is 305 g/mol. The van der Waals surface area contributed by atoms with Gasteiger partial charge in [0.1, 0.15) is 0 Å².